The lowest BCUT2D eigenvalue weighted by Crippen LogP contribution is -2.24. The van der Waals surface area contributed by atoms with Gasteiger partial charge in [0.2, 0.25) is 5.43 Å². The van der Waals surface area contributed by atoms with Gasteiger partial charge in [0.25, 0.3) is 5.91 Å². The lowest BCUT2D eigenvalue weighted by molar-refractivity contribution is -0.143. The van der Waals surface area contributed by atoms with Crippen molar-refractivity contribution in [3.63, 3.8) is 0 Å². The average Bonchev–Trinajstić information content (AvgIpc) is 3.11. The van der Waals surface area contributed by atoms with Crippen molar-refractivity contribution in [1.82, 2.24) is 4.57 Å². The predicted molar refractivity (Wildman–Crippen MR) is 115 cm³/mol. The number of ether oxygens (including phenoxy) is 2. The van der Waals surface area contributed by atoms with E-state index in [-0.39, 0.29) is 23.5 Å². The molecule has 1 amide bonds. The molecule has 8 nitrogen and oxygen atoms in total. The number of hydrogen-bond acceptors (Lipinski definition) is 7. The normalized spacial score (nSPS) is 11.7. The molecule has 0 fully saturated rings. The van der Waals surface area contributed by atoms with Gasteiger partial charge in [-0.05, 0) is 31.2 Å². The van der Waals surface area contributed by atoms with Crippen LogP contribution in [0.2, 0.25) is 0 Å². The van der Waals surface area contributed by atoms with E-state index >= 15 is 0 Å². The molecule has 2 aromatic heterocycles. The van der Waals surface area contributed by atoms with Gasteiger partial charge in [-0.15, -0.1) is 0 Å². The largest absolute Gasteiger partial charge is 0.495 e. The first kappa shape index (κ1) is 20.5. The Morgan fingerprint density at radius 3 is 2.74 bits per heavy atom. The highest BCUT2D eigenvalue weighted by Crippen LogP contribution is 2.27. The third kappa shape index (κ3) is 3.87. The van der Waals surface area contributed by atoms with Crippen molar-refractivity contribution in [2.75, 3.05) is 13.7 Å². The minimum Gasteiger partial charge on any atom is -0.495 e. The van der Waals surface area contributed by atoms with E-state index in [2.05, 4.69) is 4.99 Å². The third-order valence-corrected chi connectivity index (χ3v) is 5.63. The van der Waals surface area contributed by atoms with Gasteiger partial charge in [0, 0.05) is 0 Å². The first-order valence-corrected chi connectivity index (χ1v) is 10.3. The second kappa shape index (κ2) is 8.57. The van der Waals surface area contributed by atoms with Crippen LogP contribution in [0, 0.1) is 0 Å². The number of para-hydroxylation sites is 2. The van der Waals surface area contributed by atoms with E-state index < -0.39 is 17.3 Å². The second-order valence-electron chi connectivity index (χ2n) is 6.47. The minimum atomic E-state index is -0.761. The molecule has 0 saturated carbocycles. The highest BCUT2D eigenvalue weighted by Gasteiger charge is 2.18. The molecular weight excluding hydrogens is 420 g/mol. The van der Waals surface area contributed by atoms with E-state index in [4.69, 9.17) is 13.9 Å². The number of esters is 1. The number of nitrogens with zero attached hydrogens (tertiary/aromatic N) is 2. The van der Waals surface area contributed by atoms with Crippen molar-refractivity contribution in [3.8, 4) is 5.75 Å². The fourth-order valence-electron chi connectivity index (χ4n) is 3.20. The fourth-order valence-corrected chi connectivity index (χ4v) is 4.25. The lowest BCUT2D eigenvalue weighted by atomic mass is 10.2. The van der Waals surface area contributed by atoms with Crippen molar-refractivity contribution in [2.24, 2.45) is 4.99 Å². The number of rotatable bonds is 5. The molecule has 158 valence electrons. The number of carbonyl (C=O) groups excluding carboxylic acids is 2. The van der Waals surface area contributed by atoms with Crippen molar-refractivity contribution in [2.45, 2.75) is 13.5 Å². The summed E-state index contributed by atoms with van der Waals surface area (Å²) < 4.78 is 18.2. The summed E-state index contributed by atoms with van der Waals surface area (Å²) in [5.74, 6) is -0.716. The Hall–Kier alpha value is -3.72. The van der Waals surface area contributed by atoms with Gasteiger partial charge in [-0.2, -0.15) is 4.99 Å². The van der Waals surface area contributed by atoms with Gasteiger partial charge in [-0.1, -0.05) is 29.5 Å². The molecule has 0 unspecified atom stereocenters. The molecule has 2 aromatic carbocycles. The molecule has 0 aliphatic rings. The Balaban J connectivity index is 1.89. The van der Waals surface area contributed by atoms with E-state index in [1.54, 1.807) is 47.9 Å². The van der Waals surface area contributed by atoms with E-state index in [1.807, 2.05) is 6.07 Å². The molecule has 0 N–H and O–H groups in total. The van der Waals surface area contributed by atoms with Crippen molar-refractivity contribution < 1.29 is 23.5 Å². The summed E-state index contributed by atoms with van der Waals surface area (Å²) in [5, 5.41) is 0.293. The lowest BCUT2D eigenvalue weighted by Gasteiger charge is -2.08. The molecule has 0 radical (unpaired) electrons. The molecule has 0 spiro atoms. The number of thiazole rings is 1. The number of amides is 1. The van der Waals surface area contributed by atoms with Crippen LogP contribution < -0.4 is 15.0 Å². The minimum absolute atomic E-state index is 0.160. The Morgan fingerprint density at radius 1 is 1.16 bits per heavy atom. The van der Waals surface area contributed by atoms with Crippen LogP contribution in [0.3, 0.4) is 0 Å². The molecule has 0 bridgehead atoms. The summed E-state index contributed by atoms with van der Waals surface area (Å²) >= 11 is 1.20. The number of aromatic nitrogens is 1. The molecule has 31 heavy (non-hydrogen) atoms. The number of hydrogen-bond donors (Lipinski definition) is 0. The van der Waals surface area contributed by atoms with Crippen LogP contribution in [-0.2, 0) is 16.1 Å². The average molecular weight is 438 g/mol. The Morgan fingerprint density at radius 2 is 1.97 bits per heavy atom. The number of carbonyl (C=O) groups is 2. The van der Waals surface area contributed by atoms with Gasteiger partial charge in [-0.3, -0.25) is 14.4 Å². The molecule has 0 saturated heterocycles. The van der Waals surface area contributed by atoms with Crippen LogP contribution in [0.1, 0.15) is 17.3 Å². The van der Waals surface area contributed by atoms with E-state index in [9.17, 15) is 14.4 Å². The van der Waals surface area contributed by atoms with Crippen LogP contribution >= 0.6 is 11.3 Å². The van der Waals surface area contributed by atoms with Gasteiger partial charge in [0.15, 0.2) is 4.80 Å². The van der Waals surface area contributed by atoms with E-state index in [0.29, 0.717) is 22.2 Å². The van der Waals surface area contributed by atoms with Gasteiger partial charge < -0.3 is 18.5 Å². The van der Waals surface area contributed by atoms with Crippen molar-refractivity contribution >= 4 is 44.4 Å². The molecule has 0 aliphatic heterocycles. The monoisotopic (exact) mass is 438 g/mol. The van der Waals surface area contributed by atoms with Crippen LogP contribution in [0.4, 0.5) is 0 Å². The molecule has 2 heterocycles. The maximum absolute atomic E-state index is 12.9. The van der Waals surface area contributed by atoms with Gasteiger partial charge in [0.1, 0.15) is 35.2 Å². The molecule has 0 aliphatic carbocycles. The quantitative estimate of drug-likeness (QED) is 0.444. The van der Waals surface area contributed by atoms with Gasteiger partial charge in [-0.25, -0.2) is 0 Å². The second-order valence-corrected chi connectivity index (χ2v) is 7.48. The molecule has 4 aromatic rings. The molecule has 9 heteroatoms. The zero-order valence-electron chi connectivity index (χ0n) is 16.8. The topological polar surface area (TPSA) is 100 Å². The maximum atomic E-state index is 12.9. The number of methoxy groups -OCH3 is 1. The number of benzene rings is 2. The maximum Gasteiger partial charge on any atom is 0.326 e. The highest BCUT2D eigenvalue weighted by atomic mass is 32.1. The third-order valence-electron chi connectivity index (χ3n) is 4.58. The molecule has 0 atom stereocenters. The van der Waals surface area contributed by atoms with Crippen LogP contribution in [0.15, 0.2) is 62.9 Å². The predicted octanol–water partition coefficient (Wildman–Crippen LogP) is 3.12. The molecule has 4 rings (SSSR count). The van der Waals surface area contributed by atoms with Crippen LogP contribution in [-0.4, -0.2) is 30.2 Å². The van der Waals surface area contributed by atoms with E-state index in [0.717, 1.165) is 11.0 Å². The smallest absolute Gasteiger partial charge is 0.326 e. The summed E-state index contributed by atoms with van der Waals surface area (Å²) in [6.07, 6.45) is 1.11. The SMILES string of the molecule is CCOC(=O)Cn1c(=NC(=O)c2coc3ccccc3c2=O)sc2cccc(OC)c21. The summed E-state index contributed by atoms with van der Waals surface area (Å²) in [6, 6.07) is 12.0. The first-order chi connectivity index (χ1) is 15.0. The zero-order chi connectivity index (χ0) is 22.0. The first-order valence-electron chi connectivity index (χ1n) is 9.45. The molecular formula is C22H18N2O6S. The van der Waals surface area contributed by atoms with Gasteiger partial charge in [0.05, 0.1) is 23.8 Å². The zero-order valence-corrected chi connectivity index (χ0v) is 17.6. The number of fused-ring (bicyclic) bond motifs is 2. The van der Waals surface area contributed by atoms with E-state index in [1.165, 1.54) is 18.4 Å². The summed E-state index contributed by atoms with van der Waals surface area (Å²) in [4.78, 5) is 42.2. The standard InChI is InChI=1S/C22H18N2O6S/c1-3-29-18(25)11-24-19-16(28-2)9-6-10-17(19)31-22(24)23-21(27)14-12-30-15-8-5-4-7-13(15)20(14)26/h4-10,12H,3,11H2,1-2H3. The highest BCUT2D eigenvalue weighted by molar-refractivity contribution is 7.16. The summed E-state index contributed by atoms with van der Waals surface area (Å²) in [7, 11) is 1.52. The van der Waals surface area contributed by atoms with Crippen molar-refractivity contribution in [3.05, 3.63) is 69.3 Å². The Labute approximate surface area is 180 Å². The van der Waals surface area contributed by atoms with Crippen LogP contribution in [0.5, 0.6) is 5.75 Å². The Bertz CT molecular complexity index is 1430. The summed E-state index contributed by atoms with van der Waals surface area (Å²) in [6.45, 7) is 1.78. The Kier molecular flexibility index (Phi) is 5.68. The van der Waals surface area contributed by atoms with Crippen LogP contribution in [0.25, 0.3) is 21.2 Å². The van der Waals surface area contributed by atoms with Crippen molar-refractivity contribution in [1.29, 1.82) is 0 Å². The fraction of sp³-hybridized carbons (Fsp3) is 0.182. The van der Waals surface area contributed by atoms with Gasteiger partial charge >= 0.3 is 5.97 Å². The summed E-state index contributed by atoms with van der Waals surface area (Å²) in [5.41, 5.74) is 0.338.